The van der Waals surface area contributed by atoms with Crippen LogP contribution in [0.2, 0.25) is 0 Å². The largest absolute Gasteiger partial charge is 0.396 e. The normalized spacial score (nSPS) is 13.4. The van der Waals surface area contributed by atoms with Gasteiger partial charge < -0.3 is 5.11 Å². The van der Waals surface area contributed by atoms with E-state index in [0.29, 0.717) is 23.6 Å². The summed E-state index contributed by atoms with van der Waals surface area (Å²) in [6, 6.07) is 7.32. The standard InChI is InChI=1S/C13H17NO3S3/c15-8-6-11(12-3-1-9-18-12)5-7-14-20(16,17)13-4-2-10-19-13/h1-4,9-11,14-15H,5-8H2/t11-/m0/s1. The average molecular weight is 331 g/mol. The lowest BCUT2D eigenvalue weighted by Gasteiger charge is -2.14. The number of thiophene rings is 2. The van der Waals surface area contributed by atoms with E-state index in [9.17, 15) is 8.42 Å². The molecule has 2 N–H and O–H groups in total. The predicted octanol–water partition coefficient (Wildman–Crippen LogP) is 2.64. The molecule has 0 radical (unpaired) electrons. The summed E-state index contributed by atoms with van der Waals surface area (Å²) in [7, 11) is -3.39. The summed E-state index contributed by atoms with van der Waals surface area (Å²) < 4.78 is 26.9. The van der Waals surface area contributed by atoms with Crippen LogP contribution in [0.4, 0.5) is 0 Å². The Balaban J connectivity index is 1.91. The van der Waals surface area contributed by atoms with E-state index in [1.54, 1.807) is 28.8 Å². The van der Waals surface area contributed by atoms with Gasteiger partial charge in [-0.15, -0.1) is 22.7 Å². The molecular weight excluding hydrogens is 314 g/mol. The van der Waals surface area contributed by atoms with Crippen LogP contribution in [0, 0.1) is 0 Å². The molecule has 2 aromatic heterocycles. The van der Waals surface area contributed by atoms with Crippen LogP contribution in [0.3, 0.4) is 0 Å². The van der Waals surface area contributed by atoms with Gasteiger partial charge in [0.05, 0.1) is 0 Å². The molecule has 110 valence electrons. The van der Waals surface area contributed by atoms with Gasteiger partial charge in [-0.2, -0.15) is 0 Å². The van der Waals surface area contributed by atoms with Gasteiger partial charge in [-0.05, 0) is 41.7 Å². The van der Waals surface area contributed by atoms with E-state index < -0.39 is 10.0 Å². The van der Waals surface area contributed by atoms with Gasteiger partial charge in [-0.3, -0.25) is 0 Å². The van der Waals surface area contributed by atoms with Crippen LogP contribution in [0.15, 0.2) is 39.2 Å². The second kappa shape index (κ2) is 7.33. The van der Waals surface area contributed by atoms with Crippen molar-refractivity contribution in [3.8, 4) is 0 Å². The van der Waals surface area contributed by atoms with Crippen LogP contribution < -0.4 is 4.72 Å². The molecule has 0 amide bonds. The lowest BCUT2D eigenvalue weighted by atomic mass is 10.0. The van der Waals surface area contributed by atoms with Gasteiger partial charge in [0.1, 0.15) is 4.21 Å². The number of aliphatic hydroxyl groups excluding tert-OH is 1. The fourth-order valence-corrected chi connectivity index (χ4v) is 4.95. The monoisotopic (exact) mass is 331 g/mol. The smallest absolute Gasteiger partial charge is 0.250 e. The minimum atomic E-state index is -3.39. The summed E-state index contributed by atoms with van der Waals surface area (Å²) in [6.07, 6.45) is 1.34. The molecule has 0 saturated carbocycles. The fraction of sp³-hybridized carbons (Fsp3) is 0.385. The molecule has 2 aromatic rings. The molecular formula is C13H17NO3S3. The Kier molecular flexibility index (Phi) is 5.74. The topological polar surface area (TPSA) is 66.4 Å². The van der Waals surface area contributed by atoms with Crippen molar-refractivity contribution in [3.05, 3.63) is 39.9 Å². The van der Waals surface area contributed by atoms with Crippen LogP contribution in [0.25, 0.3) is 0 Å². The zero-order valence-electron chi connectivity index (χ0n) is 10.9. The first-order valence-electron chi connectivity index (χ1n) is 6.31. The summed E-state index contributed by atoms with van der Waals surface area (Å²) in [4.78, 5) is 1.19. The highest BCUT2D eigenvalue weighted by molar-refractivity contribution is 7.91. The second-order valence-electron chi connectivity index (χ2n) is 4.34. The van der Waals surface area contributed by atoms with Gasteiger partial charge in [0, 0.05) is 18.0 Å². The van der Waals surface area contributed by atoms with Crippen molar-refractivity contribution in [2.24, 2.45) is 0 Å². The summed E-state index contributed by atoms with van der Waals surface area (Å²) in [5.41, 5.74) is 0. The molecule has 0 fully saturated rings. The van der Waals surface area contributed by atoms with Gasteiger partial charge in [-0.25, -0.2) is 13.1 Å². The lowest BCUT2D eigenvalue weighted by molar-refractivity contribution is 0.273. The number of rotatable bonds is 8. The lowest BCUT2D eigenvalue weighted by Crippen LogP contribution is -2.25. The summed E-state index contributed by atoms with van der Waals surface area (Å²) in [5.74, 6) is 0.200. The summed E-state index contributed by atoms with van der Waals surface area (Å²) >= 11 is 2.85. The van der Waals surface area contributed by atoms with Crippen molar-refractivity contribution in [2.45, 2.75) is 23.0 Å². The molecule has 1 atom stereocenters. The Morgan fingerprint density at radius 1 is 1.15 bits per heavy atom. The first kappa shape index (κ1) is 15.7. The zero-order chi connectivity index (χ0) is 14.4. The van der Waals surface area contributed by atoms with Gasteiger partial charge in [0.15, 0.2) is 0 Å². The maximum absolute atomic E-state index is 12.0. The average Bonchev–Trinajstić information content (AvgIpc) is 3.11. The highest BCUT2D eigenvalue weighted by Gasteiger charge is 2.17. The van der Waals surface area contributed by atoms with E-state index in [1.165, 1.54) is 16.2 Å². The minimum absolute atomic E-state index is 0.111. The quantitative estimate of drug-likeness (QED) is 0.781. The molecule has 4 nitrogen and oxygen atoms in total. The van der Waals surface area contributed by atoms with Gasteiger partial charge >= 0.3 is 0 Å². The highest BCUT2D eigenvalue weighted by atomic mass is 32.2. The first-order valence-corrected chi connectivity index (χ1v) is 9.55. The van der Waals surface area contributed by atoms with Crippen molar-refractivity contribution in [3.63, 3.8) is 0 Å². The van der Waals surface area contributed by atoms with Crippen molar-refractivity contribution >= 4 is 32.7 Å². The number of sulfonamides is 1. The third-order valence-electron chi connectivity index (χ3n) is 2.97. The molecule has 0 unspecified atom stereocenters. The molecule has 0 aliphatic carbocycles. The van der Waals surface area contributed by atoms with E-state index in [2.05, 4.69) is 4.72 Å². The Labute approximate surface area is 127 Å². The molecule has 7 heteroatoms. The van der Waals surface area contributed by atoms with E-state index in [1.807, 2.05) is 17.5 Å². The van der Waals surface area contributed by atoms with Crippen LogP contribution in [-0.2, 0) is 10.0 Å². The van der Waals surface area contributed by atoms with Crippen LogP contribution >= 0.6 is 22.7 Å². The van der Waals surface area contributed by atoms with E-state index >= 15 is 0 Å². The maximum Gasteiger partial charge on any atom is 0.250 e. The van der Waals surface area contributed by atoms with E-state index in [0.717, 1.165) is 0 Å². The maximum atomic E-state index is 12.0. The fourth-order valence-electron chi connectivity index (χ4n) is 1.96. The van der Waals surface area contributed by atoms with Crippen LogP contribution in [-0.4, -0.2) is 26.7 Å². The summed E-state index contributed by atoms with van der Waals surface area (Å²) in [5, 5.41) is 12.9. The Hall–Kier alpha value is -0.730. The molecule has 0 aliphatic heterocycles. The molecule has 0 saturated heterocycles. The SMILES string of the molecule is O=S(=O)(NCC[C@@H](CCO)c1cccs1)c1cccs1. The number of hydrogen-bond acceptors (Lipinski definition) is 5. The van der Waals surface area contributed by atoms with Gasteiger partial charge in [0.25, 0.3) is 0 Å². The molecule has 0 bridgehead atoms. The molecule has 0 aromatic carbocycles. The Morgan fingerprint density at radius 2 is 1.90 bits per heavy atom. The van der Waals surface area contributed by atoms with Crippen molar-refractivity contribution in [1.82, 2.24) is 4.72 Å². The Morgan fingerprint density at radius 3 is 2.50 bits per heavy atom. The number of nitrogens with one attached hydrogen (secondary N) is 1. The van der Waals surface area contributed by atoms with Crippen molar-refractivity contribution in [1.29, 1.82) is 0 Å². The zero-order valence-corrected chi connectivity index (χ0v) is 13.3. The van der Waals surface area contributed by atoms with E-state index in [-0.39, 0.29) is 12.5 Å². The van der Waals surface area contributed by atoms with E-state index in [4.69, 9.17) is 5.11 Å². The molecule has 20 heavy (non-hydrogen) atoms. The molecule has 2 heterocycles. The van der Waals surface area contributed by atoms with Crippen molar-refractivity contribution in [2.75, 3.05) is 13.2 Å². The summed E-state index contributed by atoms with van der Waals surface area (Å²) in [6.45, 7) is 0.489. The molecule has 2 rings (SSSR count). The molecule has 0 aliphatic rings. The van der Waals surface area contributed by atoms with Gasteiger partial charge in [-0.1, -0.05) is 12.1 Å². The second-order valence-corrected chi connectivity index (χ2v) is 8.26. The molecule has 0 spiro atoms. The third-order valence-corrected chi connectivity index (χ3v) is 6.86. The van der Waals surface area contributed by atoms with Crippen LogP contribution in [0.5, 0.6) is 0 Å². The van der Waals surface area contributed by atoms with Gasteiger partial charge in [0.2, 0.25) is 10.0 Å². The number of aliphatic hydroxyl groups is 1. The van der Waals surface area contributed by atoms with Crippen molar-refractivity contribution < 1.29 is 13.5 Å². The van der Waals surface area contributed by atoms with Crippen LogP contribution in [0.1, 0.15) is 23.6 Å². The highest BCUT2D eigenvalue weighted by Crippen LogP contribution is 2.27. The predicted molar refractivity (Wildman–Crippen MR) is 82.9 cm³/mol. The number of hydrogen-bond donors (Lipinski definition) is 2. The Bertz CT molecular complexity index is 591. The minimum Gasteiger partial charge on any atom is -0.396 e. The third kappa shape index (κ3) is 4.13. The first-order chi connectivity index (χ1) is 9.63.